The maximum atomic E-state index is 12.9. The molecule has 1 aliphatic heterocycles. The third-order valence-electron chi connectivity index (χ3n) is 4.01. The zero-order valence-corrected chi connectivity index (χ0v) is 13.5. The van der Waals surface area contributed by atoms with Crippen LogP contribution >= 0.6 is 0 Å². The summed E-state index contributed by atoms with van der Waals surface area (Å²) in [5.41, 5.74) is -0.706. The molecule has 134 valence electrons. The molecule has 1 aromatic carbocycles. The zero-order valence-electron chi connectivity index (χ0n) is 13.5. The summed E-state index contributed by atoms with van der Waals surface area (Å²) in [5.74, 6) is -0.0681. The van der Waals surface area contributed by atoms with E-state index in [0.717, 1.165) is 25.1 Å². The molecular formula is C17H18F3N3O2. The van der Waals surface area contributed by atoms with E-state index in [0.29, 0.717) is 31.4 Å². The number of ether oxygens (including phenoxy) is 1. The minimum Gasteiger partial charge on any atom is -0.380 e. The molecule has 25 heavy (non-hydrogen) atoms. The van der Waals surface area contributed by atoms with Gasteiger partial charge < -0.3 is 9.72 Å². The van der Waals surface area contributed by atoms with Gasteiger partial charge in [-0.1, -0.05) is 24.3 Å². The summed E-state index contributed by atoms with van der Waals surface area (Å²) in [6.45, 7) is 3.49. The Balaban J connectivity index is 1.95. The molecule has 0 atom stereocenters. The van der Waals surface area contributed by atoms with Crippen molar-refractivity contribution >= 4 is 0 Å². The lowest BCUT2D eigenvalue weighted by molar-refractivity contribution is -0.141. The number of H-pyrrole nitrogens is 1. The Hall–Kier alpha value is -2.19. The Labute approximate surface area is 142 Å². The molecule has 0 aliphatic carbocycles. The first-order valence-electron chi connectivity index (χ1n) is 8.00. The predicted octanol–water partition coefficient (Wildman–Crippen LogP) is 2.68. The average molecular weight is 353 g/mol. The summed E-state index contributed by atoms with van der Waals surface area (Å²) < 4.78 is 44.3. The first kappa shape index (κ1) is 17.6. The van der Waals surface area contributed by atoms with E-state index in [1.807, 2.05) is 12.1 Å². The van der Waals surface area contributed by atoms with Gasteiger partial charge in [0.1, 0.15) is 5.82 Å². The Kier molecular flexibility index (Phi) is 5.19. The number of rotatable bonds is 3. The van der Waals surface area contributed by atoms with E-state index < -0.39 is 17.4 Å². The van der Waals surface area contributed by atoms with Crippen LogP contribution in [0.1, 0.15) is 17.7 Å². The van der Waals surface area contributed by atoms with Crippen LogP contribution in [0.5, 0.6) is 0 Å². The second-order valence-electron chi connectivity index (χ2n) is 5.88. The van der Waals surface area contributed by atoms with Gasteiger partial charge in [0.15, 0.2) is 5.69 Å². The quantitative estimate of drug-likeness (QED) is 0.922. The van der Waals surface area contributed by atoms with Crippen molar-refractivity contribution in [3.63, 3.8) is 0 Å². The molecule has 0 spiro atoms. The van der Waals surface area contributed by atoms with Gasteiger partial charge in [0.25, 0.3) is 5.56 Å². The van der Waals surface area contributed by atoms with E-state index in [-0.39, 0.29) is 5.82 Å². The van der Waals surface area contributed by atoms with Crippen molar-refractivity contribution in [3.8, 4) is 11.4 Å². The van der Waals surface area contributed by atoms with Crippen molar-refractivity contribution in [3.05, 3.63) is 51.9 Å². The summed E-state index contributed by atoms with van der Waals surface area (Å²) in [6.07, 6.45) is -3.76. The van der Waals surface area contributed by atoms with Crippen molar-refractivity contribution in [2.75, 3.05) is 26.3 Å². The van der Waals surface area contributed by atoms with Gasteiger partial charge in [-0.05, 0) is 12.0 Å². The molecule has 5 nitrogen and oxygen atoms in total. The number of benzene rings is 1. The molecule has 3 rings (SSSR count). The summed E-state index contributed by atoms with van der Waals surface area (Å²) in [4.78, 5) is 19.9. The number of nitrogens with one attached hydrogen (secondary N) is 1. The van der Waals surface area contributed by atoms with Crippen LogP contribution in [0.25, 0.3) is 11.4 Å². The minimum atomic E-state index is -4.67. The number of alkyl halides is 3. The Bertz CT molecular complexity index is 781. The number of halogens is 3. The maximum absolute atomic E-state index is 12.9. The largest absolute Gasteiger partial charge is 0.433 e. The molecule has 8 heteroatoms. The van der Waals surface area contributed by atoms with Gasteiger partial charge in [0, 0.05) is 37.9 Å². The number of nitrogens with zero attached hydrogens (tertiary/aromatic N) is 2. The molecular weight excluding hydrogens is 335 g/mol. The first-order valence-corrected chi connectivity index (χ1v) is 8.00. The van der Waals surface area contributed by atoms with Gasteiger partial charge in [-0.25, -0.2) is 4.98 Å². The average Bonchev–Trinajstić information content (AvgIpc) is 2.83. The second kappa shape index (κ2) is 7.37. The van der Waals surface area contributed by atoms with Crippen molar-refractivity contribution in [1.29, 1.82) is 0 Å². The number of hydrogen-bond donors (Lipinski definition) is 1. The normalized spacial score (nSPS) is 16.6. The van der Waals surface area contributed by atoms with Crippen LogP contribution in [0, 0.1) is 0 Å². The molecule has 0 amide bonds. The Morgan fingerprint density at radius 1 is 1.20 bits per heavy atom. The number of aromatic amines is 1. The van der Waals surface area contributed by atoms with Gasteiger partial charge >= 0.3 is 6.18 Å². The van der Waals surface area contributed by atoms with Gasteiger partial charge in [-0.15, -0.1) is 0 Å². The van der Waals surface area contributed by atoms with E-state index in [1.54, 1.807) is 12.1 Å². The van der Waals surface area contributed by atoms with Gasteiger partial charge in [-0.3, -0.25) is 9.69 Å². The second-order valence-corrected chi connectivity index (χ2v) is 5.88. The van der Waals surface area contributed by atoms with Crippen molar-refractivity contribution in [1.82, 2.24) is 14.9 Å². The maximum Gasteiger partial charge on any atom is 0.433 e. The van der Waals surface area contributed by atoms with Gasteiger partial charge in [-0.2, -0.15) is 13.2 Å². The molecule has 2 heterocycles. The van der Waals surface area contributed by atoms with Crippen molar-refractivity contribution < 1.29 is 17.9 Å². The highest BCUT2D eigenvalue weighted by Gasteiger charge is 2.33. The van der Waals surface area contributed by atoms with Crippen molar-refractivity contribution in [2.24, 2.45) is 0 Å². The van der Waals surface area contributed by atoms with E-state index >= 15 is 0 Å². The highest BCUT2D eigenvalue weighted by Crippen LogP contribution is 2.28. The molecule has 1 aliphatic rings. The van der Waals surface area contributed by atoms with Crippen molar-refractivity contribution in [2.45, 2.75) is 19.1 Å². The smallest absolute Gasteiger partial charge is 0.380 e. The minimum absolute atomic E-state index is 0.0681. The fourth-order valence-electron chi connectivity index (χ4n) is 2.82. The molecule has 1 fully saturated rings. The topological polar surface area (TPSA) is 58.2 Å². The van der Waals surface area contributed by atoms with Crippen LogP contribution in [0.2, 0.25) is 0 Å². The van der Waals surface area contributed by atoms with Gasteiger partial charge in [0.2, 0.25) is 0 Å². The van der Waals surface area contributed by atoms with Crippen LogP contribution in [-0.2, 0) is 17.5 Å². The lowest BCUT2D eigenvalue weighted by atomic mass is 10.1. The van der Waals surface area contributed by atoms with E-state index in [9.17, 15) is 18.0 Å². The third-order valence-corrected chi connectivity index (χ3v) is 4.01. The highest BCUT2D eigenvalue weighted by molar-refractivity contribution is 5.60. The fraction of sp³-hybridized carbons (Fsp3) is 0.412. The summed E-state index contributed by atoms with van der Waals surface area (Å²) >= 11 is 0. The molecule has 0 saturated carbocycles. The third kappa shape index (κ3) is 4.46. The lowest BCUT2D eigenvalue weighted by Gasteiger charge is -2.20. The SMILES string of the molecule is O=c1cc(C(F)(F)F)nc(-c2ccccc2CN2CCCOCC2)[nH]1. The fourth-order valence-corrected chi connectivity index (χ4v) is 2.82. The van der Waals surface area contributed by atoms with Crippen LogP contribution in [0.4, 0.5) is 13.2 Å². The van der Waals surface area contributed by atoms with Crippen LogP contribution in [0.3, 0.4) is 0 Å². The molecule has 2 aromatic rings. The van der Waals surface area contributed by atoms with Gasteiger partial charge in [0.05, 0.1) is 6.61 Å². The lowest BCUT2D eigenvalue weighted by Crippen LogP contribution is -2.26. The Morgan fingerprint density at radius 3 is 2.80 bits per heavy atom. The van der Waals surface area contributed by atoms with E-state index in [1.165, 1.54) is 0 Å². The van der Waals surface area contributed by atoms with E-state index in [2.05, 4.69) is 14.9 Å². The molecule has 0 bridgehead atoms. The molecule has 0 unspecified atom stereocenters. The monoisotopic (exact) mass is 353 g/mol. The summed E-state index contributed by atoms with van der Waals surface area (Å²) in [6, 6.07) is 7.51. The summed E-state index contributed by atoms with van der Waals surface area (Å²) in [7, 11) is 0. The standard InChI is InChI=1S/C17H18F3N3O2/c18-17(19,20)14-10-15(24)22-16(21-14)13-5-2-1-4-12(13)11-23-6-3-8-25-9-7-23/h1-2,4-5,10H,3,6-9,11H2,(H,21,22,24). The molecule has 1 N–H and O–H groups in total. The summed E-state index contributed by atoms with van der Waals surface area (Å²) in [5, 5.41) is 0. The van der Waals surface area contributed by atoms with Crippen LogP contribution < -0.4 is 5.56 Å². The first-order chi connectivity index (χ1) is 11.9. The zero-order chi connectivity index (χ0) is 17.9. The van der Waals surface area contributed by atoms with Crippen LogP contribution in [0.15, 0.2) is 35.1 Å². The number of aromatic nitrogens is 2. The number of hydrogen-bond acceptors (Lipinski definition) is 4. The Morgan fingerprint density at radius 2 is 2.00 bits per heavy atom. The molecule has 0 radical (unpaired) electrons. The highest BCUT2D eigenvalue weighted by atomic mass is 19.4. The molecule has 1 saturated heterocycles. The van der Waals surface area contributed by atoms with E-state index in [4.69, 9.17) is 4.74 Å². The predicted molar refractivity (Wildman–Crippen MR) is 86.0 cm³/mol. The van der Waals surface area contributed by atoms with Crippen LogP contribution in [-0.4, -0.2) is 41.2 Å². The molecule has 1 aromatic heterocycles.